The Morgan fingerprint density at radius 3 is 2.00 bits per heavy atom. The molecule has 3 rings (SSSR count). The summed E-state index contributed by atoms with van der Waals surface area (Å²) in [7, 11) is 0. The van der Waals surface area contributed by atoms with Gasteiger partial charge < -0.3 is 0 Å². The fourth-order valence-electron chi connectivity index (χ4n) is 3.29. The predicted molar refractivity (Wildman–Crippen MR) is 94.5 cm³/mol. The predicted octanol–water partition coefficient (Wildman–Crippen LogP) is 6.06. The largest absolute Gasteiger partial charge is 0.207 e. The van der Waals surface area contributed by atoms with Crippen molar-refractivity contribution in [3.63, 3.8) is 0 Å². The van der Waals surface area contributed by atoms with E-state index in [4.69, 9.17) is 0 Å². The third-order valence-electron chi connectivity index (χ3n) is 4.91. The van der Waals surface area contributed by atoms with Crippen LogP contribution in [0.5, 0.6) is 0 Å². The Kier molecular flexibility index (Phi) is 5.13. The van der Waals surface area contributed by atoms with Gasteiger partial charge in [-0.1, -0.05) is 49.5 Å². The third kappa shape index (κ3) is 4.23. The molecule has 1 aliphatic rings. The van der Waals surface area contributed by atoms with Crippen molar-refractivity contribution in [1.29, 1.82) is 0 Å². The zero-order chi connectivity index (χ0) is 16.1. The van der Waals surface area contributed by atoms with Gasteiger partial charge in [0.2, 0.25) is 0 Å². The molecular weight excluding hydrogens is 283 g/mol. The second kappa shape index (κ2) is 7.47. The molecule has 1 fully saturated rings. The summed E-state index contributed by atoms with van der Waals surface area (Å²) in [4.78, 5) is 0. The highest BCUT2D eigenvalue weighted by molar-refractivity contribution is 5.64. The van der Waals surface area contributed by atoms with Crippen LogP contribution in [0.4, 0.5) is 4.39 Å². The van der Waals surface area contributed by atoms with Gasteiger partial charge in [-0.05, 0) is 67.0 Å². The molecule has 0 amide bonds. The maximum Gasteiger partial charge on any atom is 0.123 e. The standard InChI is InChI=1S/C22H23F/c1-2-17-3-5-18(6-4-17)7-8-19-9-11-20(12-10-19)21-13-15-22(23)16-14-21/h9-18H,2-6H2,1H3/t17-,18-. The summed E-state index contributed by atoms with van der Waals surface area (Å²) >= 11 is 0. The van der Waals surface area contributed by atoms with E-state index < -0.39 is 0 Å². The third-order valence-corrected chi connectivity index (χ3v) is 4.91. The van der Waals surface area contributed by atoms with Gasteiger partial charge in [-0.15, -0.1) is 0 Å². The monoisotopic (exact) mass is 306 g/mol. The van der Waals surface area contributed by atoms with Crippen LogP contribution in [0.3, 0.4) is 0 Å². The van der Waals surface area contributed by atoms with Crippen molar-refractivity contribution in [3.8, 4) is 23.0 Å². The molecule has 0 bridgehead atoms. The number of rotatable bonds is 2. The lowest BCUT2D eigenvalue weighted by molar-refractivity contribution is 0.309. The van der Waals surface area contributed by atoms with Crippen molar-refractivity contribution < 1.29 is 4.39 Å². The van der Waals surface area contributed by atoms with Crippen molar-refractivity contribution in [2.24, 2.45) is 11.8 Å². The first-order valence-electron chi connectivity index (χ1n) is 8.62. The molecule has 1 saturated carbocycles. The molecule has 2 aromatic carbocycles. The van der Waals surface area contributed by atoms with E-state index in [2.05, 4.69) is 43.0 Å². The van der Waals surface area contributed by atoms with E-state index in [1.54, 1.807) is 0 Å². The van der Waals surface area contributed by atoms with Crippen LogP contribution in [0.2, 0.25) is 0 Å². The van der Waals surface area contributed by atoms with Gasteiger partial charge in [-0.2, -0.15) is 0 Å². The maximum absolute atomic E-state index is 13.0. The van der Waals surface area contributed by atoms with Crippen LogP contribution in [0.25, 0.3) is 11.1 Å². The fraction of sp³-hybridized carbons (Fsp3) is 0.364. The van der Waals surface area contributed by atoms with E-state index in [1.807, 2.05) is 12.1 Å². The van der Waals surface area contributed by atoms with Crippen LogP contribution >= 0.6 is 0 Å². The molecule has 2 aromatic rings. The SMILES string of the molecule is CC[C@H]1CC[C@H](C#Cc2ccc(-c3ccc(F)cc3)cc2)CC1. The molecule has 23 heavy (non-hydrogen) atoms. The Morgan fingerprint density at radius 1 is 0.870 bits per heavy atom. The van der Waals surface area contributed by atoms with Gasteiger partial charge in [0.05, 0.1) is 0 Å². The van der Waals surface area contributed by atoms with Crippen molar-refractivity contribution >= 4 is 0 Å². The molecule has 0 N–H and O–H groups in total. The molecule has 0 spiro atoms. The van der Waals surface area contributed by atoms with Gasteiger partial charge in [0.15, 0.2) is 0 Å². The minimum Gasteiger partial charge on any atom is -0.207 e. The summed E-state index contributed by atoms with van der Waals surface area (Å²) in [5.41, 5.74) is 3.19. The Labute approximate surface area is 138 Å². The van der Waals surface area contributed by atoms with E-state index >= 15 is 0 Å². The molecule has 0 atom stereocenters. The topological polar surface area (TPSA) is 0 Å². The van der Waals surface area contributed by atoms with Crippen LogP contribution < -0.4 is 0 Å². The van der Waals surface area contributed by atoms with Gasteiger partial charge in [0.25, 0.3) is 0 Å². The molecule has 0 aliphatic heterocycles. The highest BCUT2D eigenvalue weighted by Crippen LogP contribution is 2.30. The highest BCUT2D eigenvalue weighted by atomic mass is 19.1. The molecular formula is C22H23F. The van der Waals surface area contributed by atoms with Crippen LogP contribution in [-0.2, 0) is 0 Å². The molecule has 0 radical (unpaired) electrons. The number of hydrogen-bond acceptors (Lipinski definition) is 0. The van der Waals surface area contributed by atoms with E-state index in [-0.39, 0.29) is 5.82 Å². The molecule has 1 heteroatoms. The number of halogens is 1. The summed E-state index contributed by atoms with van der Waals surface area (Å²) in [6, 6.07) is 14.8. The van der Waals surface area contributed by atoms with Crippen LogP contribution in [-0.4, -0.2) is 0 Å². The first-order valence-corrected chi connectivity index (χ1v) is 8.62. The zero-order valence-corrected chi connectivity index (χ0v) is 13.7. The molecule has 0 aromatic heterocycles. The van der Waals surface area contributed by atoms with Crippen LogP contribution in [0.15, 0.2) is 48.5 Å². The molecule has 0 saturated heterocycles. The lowest BCUT2D eigenvalue weighted by Gasteiger charge is -2.24. The summed E-state index contributed by atoms with van der Waals surface area (Å²) in [6.07, 6.45) is 6.47. The van der Waals surface area contributed by atoms with E-state index in [1.165, 1.54) is 44.2 Å². The minimum absolute atomic E-state index is 0.200. The second-order valence-electron chi connectivity index (χ2n) is 6.48. The lowest BCUT2D eigenvalue weighted by atomic mass is 9.81. The van der Waals surface area contributed by atoms with Gasteiger partial charge in [0, 0.05) is 11.5 Å². The van der Waals surface area contributed by atoms with Gasteiger partial charge in [-0.3, -0.25) is 0 Å². The Morgan fingerprint density at radius 2 is 1.43 bits per heavy atom. The number of benzene rings is 2. The van der Waals surface area contributed by atoms with Gasteiger partial charge >= 0.3 is 0 Å². The van der Waals surface area contributed by atoms with Crippen molar-refractivity contribution in [2.75, 3.05) is 0 Å². The zero-order valence-electron chi connectivity index (χ0n) is 13.7. The van der Waals surface area contributed by atoms with E-state index in [9.17, 15) is 4.39 Å². The Bertz CT molecular complexity index is 677. The molecule has 0 nitrogen and oxygen atoms in total. The average Bonchev–Trinajstić information content (AvgIpc) is 2.61. The van der Waals surface area contributed by atoms with E-state index in [0.717, 1.165) is 22.6 Å². The molecule has 0 unspecified atom stereocenters. The first kappa shape index (κ1) is 15.8. The maximum atomic E-state index is 13.0. The first-order chi connectivity index (χ1) is 11.2. The normalized spacial score (nSPS) is 20.6. The van der Waals surface area contributed by atoms with Crippen molar-refractivity contribution in [1.82, 2.24) is 0 Å². The Balaban J connectivity index is 1.64. The average molecular weight is 306 g/mol. The van der Waals surface area contributed by atoms with Crippen molar-refractivity contribution in [3.05, 3.63) is 59.9 Å². The fourth-order valence-corrected chi connectivity index (χ4v) is 3.29. The second-order valence-corrected chi connectivity index (χ2v) is 6.48. The summed E-state index contributed by atoms with van der Waals surface area (Å²) in [5.74, 6) is 8.06. The molecule has 1 aliphatic carbocycles. The van der Waals surface area contributed by atoms with Crippen molar-refractivity contribution in [2.45, 2.75) is 39.0 Å². The Hall–Kier alpha value is -2.07. The van der Waals surface area contributed by atoms with Gasteiger partial charge in [0.1, 0.15) is 5.82 Å². The lowest BCUT2D eigenvalue weighted by Crippen LogP contribution is -2.12. The van der Waals surface area contributed by atoms with Crippen LogP contribution in [0.1, 0.15) is 44.6 Å². The minimum atomic E-state index is -0.200. The smallest absolute Gasteiger partial charge is 0.123 e. The quantitative estimate of drug-likeness (QED) is 0.591. The van der Waals surface area contributed by atoms with Crippen LogP contribution in [0, 0.1) is 29.5 Å². The molecule has 0 heterocycles. The highest BCUT2D eigenvalue weighted by Gasteiger charge is 2.17. The number of hydrogen-bond donors (Lipinski definition) is 0. The molecule has 118 valence electrons. The summed E-state index contributed by atoms with van der Waals surface area (Å²) in [5, 5.41) is 0. The van der Waals surface area contributed by atoms with Gasteiger partial charge in [-0.25, -0.2) is 4.39 Å². The summed E-state index contributed by atoms with van der Waals surface area (Å²) < 4.78 is 13.0. The summed E-state index contributed by atoms with van der Waals surface area (Å²) in [6.45, 7) is 2.29. The van der Waals surface area contributed by atoms with E-state index in [0.29, 0.717) is 5.92 Å².